The monoisotopic (exact) mass is 298 g/mol. The van der Waals surface area contributed by atoms with Crippen LogP contribution in [0.2, 0.25) is 0 Å². The van der Waals surface area contributed by atoms with E-state index in [1.807, 2.05) is 24.3 Å². The number of sulfone groups is 1. The van der Waals surface area contributed by atoms with E-state index in [4.69, 9.17) is 5.11 Å². The predicted molar refractivity (Wildman–Crippen MR) is 79.5 cm³/mol. The summed E-state index contributed by atoms with van der Waals surface area (Å²) in [5.41, 5.74) is 1.94. The summed E-state index contributed by atoms with van der Waals surface area (Å²) in [7, 11) is -3.24. The van der Waals surface area contributed by atoms with Crippen LogP contribution >= 0.6 is 0 Å². The van der Waals surface area contributed by atoms with Gasteiger partial charge in [0.15, 0.2) is 9.84 Å². The molecule has 0 bridgehead atoms. The molecule has 1 N–H and O–H groups in total. The Labute approximate surface area is 120 Å². The zero-order valence-electron chi connectivity index (χ0n) is 12.2. The Morgan fingerprint density at radius 1 is 1.15 bits per heavy atom. The van der Waals surface area contributed by atoms with Crippen LogP contribution in [0.3, 0.4) is 0 Å². The molecule has 1 aromatic rings. The molecule has 4 nitrogen and oxygen atoms in total. The highest BCUT2D eigenvalue weighted by Crippen LogP contribution is 2.22. The van der Waals surface area contributed by atoms with Crippen molar-refractivity contribution in [3.8, 4) is 0 Å². The molecule has 0 unspecified atom stereocenters. The van der Waals surface area contributed by atoms with Gasteiger partial charge in [-0.05, 0) is 23.0 Å². The van der Waals surface area contributed by atoms with Crippen molar-refractivity contribution >= 4 is 15.8 Å². The van der Waals surface area contributed by atoms with E-state index >= 15 is 0 Å². The quantitative estimate of drug-likeness (QED) is 0.876. The lowest BCUT2D eigenvalue weighted by Gasteiger charge is -2.19. The highest BCUT2D eigenvalue weighted by Gasteiger charge is 2.15. The van der Waals surface area contributed by atoms with Crippen LogP contribution in [0.1, 0.15) is 44.7 Å². The second-order valence-electron chi connectivity index (χ2n) is 6.04. The van der Waals surface area contributed by atoms with Crippen molar-refractivity contribution in [2.75, 3.05) is 5.75 Å². The van der Waals surface area contributed by atoms with E-state index in [1.165, 1.54) is 0 Å². The maximum atomic E-state index is 11.9. The minimum absolute atomic E-state index is 0.0307. The standard InChI is InChI=1S/C15H22O4S/c1-15(2,3)13-8-6-12(7-9-13)11-20(18,19)10-4-5-14(16)17/h6-9H,4-5,10-11H2,1-3H3,(H,16,17). The van der Waals surface area contributed by atoms with Crippen molar-refractivity contribution in [2.24, 2.45) is 0 Å². The zero-order chi connectivity index (χ0) is 15.4. The average Bonchev–Trinajstić information content (AvgIpc) is 2.26. The van der Waals surface area contributed by atoms with Gasteiger partial charge in [0.1, 0.15) is 0 Å². The Kier molecular flexibility index (Phi) is 5.34. The molecule has 5 heteroatoms. The summed E-state index contributed by atoms with van der Waals surface area (Å²) in [6.45, 7) is 6.31. The molecule has 20 heavy (non-hydrogen) atoms. The fraction of sp³-hybridized carbons (Fsp3) is 0.533. The third-order valence-corrected chi connectivity index (χ3v) is 4.74. The summed E-state index contributed by atoms with van der Waals surface area (Å²) >= 11 is 0. The van der Waals surface area contributed by atoms with E-state index < -0.39 is 15.8 Å². The first kappa shape index (κ1) is 16.7. The van der Waals surface area contributed by atoms with Crippen LogP contribution in [0.5, 0.6) is 0 Å². The smallest absolute Gasteiger partial charge is 0.303 e. The Bertz CT molecular complexity index is 551. The van der Waals surface area contributed by atoms with Crippen molar-refractivity contribution < 1.29 is 18.3 Å². The first-order valence-corrected chi connectivity index (χ1v) is 8.44. The fourth-order valence-electron chi connectivity index (χ4n) is 1.87. The molecule has 0 saturated heterocycles. The first-order chi connectivity index (χ1) is 9.10. The Balaban J connectivity index is 2.66. The lowest BCUT2D eigenvalue weighted by molar-refractivity contribution is -0.137. The molecule has 0 aromatic heterocycles. The summed E-state index contributed by atoms with van der Waals surface area (Å²) < 4.78 is 23.7. The highest BCUT2D eigenvalue weighted by molar-refractivity contribution is 7.90. The molecule has 0 atom stereocenters. The molecule has 1 aromatic carbocycles. The largest absolute Gasteiger partial charge is 0.481 e. The number of benzene rings is 1. The minimum atomic E-state index is -3.24. The van der Waals surface area contributed by atoms with Crippen LogP contribution in [0.15, 0.2) is 24.3 Å². The maximum Gasteiger partial charge on any atom is 0.303 e. The lowest BCUT2D eigenvalue weighted by atomic mass is 9.87. The summed E-state index contributed by atoms with van der Waals surface area (Å²) in [5.74, 6) is -1.08. The van der Waals surface area contributed by atoms with Crippen molar-refractivity contribution in [2.45, 2.75) is 44.8 Å². The molecule has 0 saturated carbocycles. The van der Waals surface area contributed by atoms with Crippen molar-refractivity contribution in [3.05, 3.63) is 35.4 Å². The molecule has 1 rings (SSSR count). The molecule has 0 fully saturated rings. The summed E-state index contributed by atoms with van der Waals surface area (Å²) in [6.07, 6.45) is 0.0555. The number of hydrogen-bond donors (Lipinski definition) is 1. The second kappa shape index (κ2) is 6.39. The number of carboxylic acid groups (broad SMARTS) is 1. The summed E-state index contributed by atoms with van der Waals surface area (Å²) in [6, 6.07) is 7.55. The number of rotatable bonds is 6. The number of carboxylic acids is 1. The van der Waals surface area contributed by atoms with Gasteiger partial charge < -0.3 is 5.11 Å². The number of aliphatic carboxylic acids is 1. The molecule has 112 valence electrons. The van der Waals surface area contributed by atoms with Crippen molar-refractivity contribution in [1.29, 1.82) is 0 Å². The summed E-state index contributed by atoms with van der Waals surface area (Å²) in [5, 5.41) is 8.51. The van der Waals surface area contributed by atoms with Crippen LogP contribution in [0, 0.1) is 0 Å². The minimum Gasteiger partial charge on any atom is -0.481 e. The SMILES string of the molecule is CC(C)(C)c1ccc(CS(=O)(=O)CCCC(=O)O)cc1. The summed E-state index contributed by atoms with van der Waals surface area (Å²) in [4.78, 5) is 10.4. The normalized spacial score (nSPS) is 12.3. The van der Waals surface area contributed by atoms with Gasteiger partial charge in [-0.25, -0.2) is 8.42 Å². The van der Waals surface area contributed by atoms with Gasteiger partial charge in [-0.2, -0.15) is 0 Å². The van der Waals surface area contributed by atoms with E-state index in [0.717, 1.165) is 11.1 Å². The molecular weight excluding hydrogens is 276 g/mol. The molecule has 0 heterocycles. The van der Waals surface area contributed by atoms with E-state index in [9.17, 15) is 13.2 Å². The third kappa shape index (κ3) is 5.74. The molecule has 0 aliphatic carbocycles. The Hall–Kier alpha value is -1.36. The van der Waals surface area contributed by atoms with Gasteiger partial charge in [0, 0.05) is 6.42 Å². The van der Waals surface area contributed by atoms with Crippen molar-refractivity contribution in [1.82, 2.24) is 0 Å². The van der Waals surface area contributed by atoms with Crippen LogP contribution in [0.25, 0.3) is 0 Å². The van der Waals surface area contributed by atoms with Crippen LogP contribution in [-0.2, 0) is 25.8 Å². The molecule has 0 aliphatic rings. The van der Waals surface area contributed by atoms with Gasteiger partial charge in [0.25, 0.3) is 0 Å². The van der Waals surface area contributed by atoms with Gasteiger partial charge in [-0.1, -0.05) is 45.0 Å². The van der Waals surface area contributed by atoms with Crippen LogP contribution < -0.4 is 0 Å². The van der Waals surface area contributed by atoms with Gasteiger partial charge in [-0.15, -0.1) is 0 Å². The zero-order valence-corrected chi connectivity index (χ0v) is 13.0. The Morgan fingerprint density at radius 3 is 2.15 bits per heavy atom. The topological polar surface area (TPSA) is 71.4 Å². The molecule has 0 amide bonds. The fourth-order valence-corrected chi connectivity index (χ4v) is 3.30. The first-order valence-electron chi connectivity index (χ1n) is 6.62. The van der Waals surface area contributed by atoms with E-state index in [1.54, 1.807) is 0 Å². The maximum absolute atomic E-state index is 11.9. The lowest BCUT2D eigenvalue weighted by Crippen LogP contribution is -2.12. The molecule has 0 radical (unpaired) electrons. The van der Waals surface area contributed by atoms with Gasteiger partial charge in [0.05, 0.1) is 11.5 Å². The van der Waals surface area contributed by atoms with Crippen LogP contribution in [-0.4, -0.2) is 25.2 Å². The number of hydrogen-bond acceptors (Lipinski definition) is 3. The number of carbonyl (C=O) groups is 1. The Morgan fingerprint density at radius 2 is 1.70 bits per heavy atom. The van der Waals surface area contributed by atoms with Gasteiger partial charge in [-0.3, -0.25) is 4.79 Å². The van der Waals surface area contributed by atoms with Gasteiger partial charge in [0.2, 0.25) is 0 Å². The predicted octanol–water partition coefficient (Wildman–Crippen LogP) is 2.76. The average molecular weight is 298 g/mol. The van der Waals surface area contributed by atoms with Gasteiger partial charge >= 0.3 is 5.97 Å². The second-order valence-corrected chi connectivity index (χ2v) is 8.22. The highest BCUT2D eigenvalue weighted by atomic mass is 32.2. The van der Waals surface area contributed by atoms with E-state index in [2.05, 4.69) is 20.8 Å². The molecule has 0 aliphatic heterocycles. The van der Waals surface area contributed by atoms with E-state index in [-0.39, 0.29) is 29.8 Å². The third-order valence-electron chi connectivity index (χ3n) is 3.05. The van der Waals surface area contributed by atoms with E-state index in [0.29, 0.717) is 0 Å². The van der Waals surface area contributed by atoms with Crippen molar-refractivity contribution in [3.63, 3.8) is 0 Å². The molecular formula is C15H22O4S. The molecule has 0 spiro atoms. The van der Waals surface area contributed by atoms with Crippen LogP contribution in [0.4, 0.5) is 0 Å².